The van der Waals surface area contributed by atoms with E-state index in [1.54, 1.807) is 14.2 Å². The number of methoxy groups -OCH3 is 2. The Balaban J connectivity index is 2.44. The van der Waals surface area contributed by atoms with E-state index >= 15 is 0 Å². The van der Waals surface area contributed by atoms with Crippen LogP contribution in [0.1, 0.15) is 0 Å². The number of benzene rings is 1. The van der Waals surface area contributed by atoms with Crippen molar-refractivity contribution in [1.29, 1.82) is 0 Å². The number of rotatable bonds is 5. The highest BCUT2D eigenvalue weighted by molar-refractivity contribution is 5.65. The van der Waals surface area contributed by atoms with Gasteiger partial charge >= 0.3 is 6.01 Å². The van der Waals surface area contributed by atoms with Crippen LogP contribution in [0.3, 0.4) is 0 Å². The van der Waals surface area contributed by atoms with Crippen LogP contribution in [0.25, 0.3) is 0 Å². The van der Waals surface area contributed by atoms with Gasteiger partial charge in [-0.15, -0.1) is 0 Å². The van der Waals surface area contributed by atoms with Gasteiger partial charge in [-0.3, -0.25) is 0 Å². The fourth-order valence-electron chi connectivity index (χ4n) is 1.71. The molecule has 0 saturated heterocycles. The van der Waals surface area contributed by atoms with Gasteiger partial charge < -0.3 is 19.7 Å². The number of nitrogens with one attached hydrogen (secondary N) is 1. The maximum absolute atomic E-state index is 5.34. The molecule has 0 fully saturated rings. The predicted octanol–water partition coefficient (Wildman–Crippen LogP) is 1.70. The Morgan fingerprint density at radius 2 is 1.80 bits per heavy atom. The molecule has 0 bridgehead atoms. The number of aromatic nitrogens is 3. The van der Waals surface area contributed by atoms with E-state index < -0.39 is 0 Å². The summed E-state index contributed by atoms with van der Waals surface area (Å²) in [6, 6.07) is 7.88. The molecule has 0 spiro atoms. The highest BCUT2D eigenvalue weighted by Gasteiger charge is 2.14. The molecule has 0 amide bonds. The molecule has 0 atom stereocenters. The van der Waals surface area contributed by atoms with E-state index in [1.807, 2.05) is 36.2 Å². The Kier molecular flexibility index (Phi) is 4.19. The lowest BCUT2D eigenvalue weighted by Gasteiger charge is -2.20. The first kappa shape index (κ1) is 13.9. The summed E-state index contributed by atoms with van der Waals surface area (Å²) in [5.74, 6) is 1.64. The first-order valence-corrected chi connectivity index (χ1v) is 6.04. The molecule has 1 aromatic heterocycles. The molecule has 0 aliphatic rings. The van der Waals surface area contributed by atoms with Gasteiger partial charge in [-0.25, -0.2) is 0 Å². The highest BCUT2D eigenvalue weighted by atomic mass is 16.5. The number of para-hydroxylation sites is 2. The first-order chi connectivity index (χ1) is 9.69. The molecule has 0 aliphatic heterocycles. The van der Waals surface area contributed by atoms with Crippen molar-refractivity contribution < 1.29 is 9.47 Å². The summed E-state index contributed by atoms with van der Waals surface area (Å²) in [7, 11) is 6.73. The fraction of sp³-hybridized carbons (Fsp3) is 0.308. The van der Waals surface area contributed by atoms with E-state index in [-0.39, 0.29) is 6.01 Å². The zero-order valence-corrected chi connectivity index (χ0v) is 11.9. The third-order valence-corrected chi connectivity index (χ3v) is 2.76. The Bertz CT molecular complexity index is 568. The van der Waals surface area contributed by atoms with Crippen LogP contribution in [0.5, 0.6) is 11.8 Å². The molecule has 0 unspecified atom stereocenters. The van der Waals surface area contributed by atoms with Gasteiger partial charge in [0.05, 0.1) is 19.9 Å². The van der Waals surface area contributed by atoms with E-state index in [0.29, 0.717) is 11.9 Å². The normalized spacial score (nSPS) is 10.0. The highest BCUT2D eigenvalue weighted by Crippen LogP contribution is 2.31. The first-order valence-electron chi connectivity index (χ1n) is 6.04. The van der Waals surface area contributed by atoms with E-state index in [0.717, 1.165) is 11.4 Å². The van der Waals surface area contributed by atoms with Gasteiger partial charge in [-0.2, -0.15) is 15.0 Å². The third kappa shape index (κ3) is 2.71. The molecule has 20 heavy (non-hydrogen) atoms. The Hall–Kier alpha value is -2.57. The molecule has 106 valence electrons. The molecular formula is C13H17N5O2. The third-order valence-electron chi connectivity index (χ3n) is 2.76. The van der Waals surface area contributed by atoms with Crippen molar-refractivity contribution in [2.75, 3.05) is 38.5 Å². The largest absolute Gasteiger partial charge is 0.495 e. The number of ether oxygens (including phenoxy) is 2. The molecule has 0 saturated carbocycles. The average molecular weight is 275 g/mol. The number of anilines is 3. The molecule has 0 radical (unpaired) electrons. The number of hydrogen-bond acceptors (Lipinski definition) is 7. The van der Waals surface area contributed by atoms with Crippen LogP contribution in [-0.2, 0) is 0 Å². The molecule has 0 aliphatic carbocycles. The second-order valence-corrected chi connectivity index (χ2v) is 3.93. The monoisotopic (exact) mass is 275 g/mol. The van der Waals surface area contributed by atoms with E-state index in [4.69, 9.17) is 9.47 Å². The summed E-state index contributed by atoms with van der Waals surface area (Å²) < 4.78 is 10.4. The van der Waals surface area contributed by atoms with Crippen molar-refractivity contribution in [2.45, 2.75) is 0 Å². The van der Waals surface area contributed by atoms with Crippen LogP contribution in [0.15, 0.2) is 24.3 Å². The summed E-state index contributed by atoms with van der Waals surface area (Å²) in [5.41, 5.74) is 0.852. The molecule has 1 heterocycles. The fourth-order valence-corrected chi connectivity index (χ4v) is 1.71. The van der Waals surface area contributed by atoms with Crippen LogP contribution in [-0.4, -0.2) is 43.3 Å². The summed E-state index contributed by atoms with van der Waals surface area (Å²) in [4.78, 5) is 14.4. The number of nitrogens with zero attached hydrogens (tertiary/aromatic N) is 4. The smallest absolute Gasteiger partial charge is 0.322 e. The van der Waals surface area contributed by atoms with Crippen molar-refractivity contribution in [3.63, 3.8) is 0 Å². The van der Waals surface area contributed by atoms with Gasteiger partial charge in [-0.05, 0) is 12.1 Å². The Morgan fingerprint density at radius 1 is 1.05 bits per heavy atom. The average Bonchev–Trinajstić information content (AvgIpc) is 2.53. The summed E-state index contributed by atoms with van der Waals surface area (Å²) in [6.07, 6.45) is 0. The van der Waals surface area contributed by atoms with Crippen LogP contribution >= 0.6 is 0 Å². The van der Waals surface area contributed by atoms with Crippen molar-refractivity contribution in [1.82, 2.24) is 15.0 Å². The van der Waals surface area contributed by atoms with Gasteiger partial charge in [0.25, 0.3) is 0 Å². The summed E-state index contributed by atoms with van der Waals surface area (Å²) in [5, 5.41) is 2.88. The lowest BCUT2D eigenvalue weighted by atomic mass is 10.3. The molecule has 7 heteroatoms. The number of hydrogen-bond donors (Lipinski definition) is 1. The zero-order chi connectivity index (χ0) is 14.5. The SMILES string of the molecule is CNc1nc(OC)nc(N(C)c2ccccc2OC)n1. The molecule has 2 rings (SSSR count). The second kappa shape index (κ2) is 6.05. The van der Waals surface area contributed by atoms with Crippen LogP contribution in [0.2, 0.25) is 0 Å². The van der Waals surface area contributed by atoms with Crippen molar-refractivity contribution in [3.05, 3.63) is 24.3 Å². The van der Waals surface area contributed by atoms with Crippen molar-refractivity contribution >= 4 is 17.6 Å². The Labute approximate surface area is 117 Å². The minimum Gasteiger partial charge on any atom is -0.495 e. The van der Waals surface area contributed by atoms with E-state index in [1.165, 1.54) is 7.11 Å². The van der Waals surface area contributed by atoms with Crippen molar-refractivity contribution in [3.8, 4) is 11.8 Å². The van der Waals surface area contributed by atoms with Crippen LogP contribution in [0.4, 0.5) is 17.6 Å². The lowest BCUT2D eigenvalue weighted by Crippen LogP contribution is -2.16. The standard InChI is InChI=1S/C13H17N5O2/c1-14-11-15-12(17-13(16-11)20-4)18(2)9-7-5-6-8-10(9)19-3/h5-8H,1-4H3,(H,14,15,16,17). The second-order valence-electron chi connectivity index (χ2n) is 3.93. The van der Waals surface area contributed by atoms with Gasteiger partial charge in [-0.1, -0.05) is 12.1 Å². The molecule has 1 aromatic carbocycles. The lowest BCUT2D eigenvalue weighted by molar-refractivity contribution is 0.379. The topological polar surface area (TPSA) is 72.4 Å². The quantitative estimate of drug-likeness (QED) is 0.890. The van der Waals surface area contributed by atoms with Gasteiger partial charge in [0.15, 0.2) is 0 Å². The maximum atomic E-state index is 5.34. The van der Waals surface area contributed by atoms with Gasteiger partial charge in [0.2, 0.25) is 11.9 Å². The van der Waals surface area contributed by atoms with Crippen LogP contribution in [0, 0.1) is 0 Å². The Morgan fingerprint density at radius 3 is 2.45 bits per heavy atom. The predicted molar refractivity (Wildman–Crippen MR) is 77.0 cm³/mol. The minimum absolute atomic E-state index is 0.251. The molecule has 2 aromatic rings. The van der Waals surface area contributed by atoms with Gasteiger partial charge in [0, 0.05) is 14.1 Å². The van der Waals surface area contributed by atoms with Crippen molar-refractivity contribution in [2.24, 2.45) is 0 Å². The van der Waals surface area contributed by atoms with Crippen LogP contribution < -0.4 is 19.7 Å². The minimum atomic E-state index is 0.251. The maximum Gasteiger partial charge on any atom is 0.322 e. The summed E-state index contributed by atoms with van der Waals surface area (Å²) in [6.45, 7) is 0. The van der Waals surface area contributed by atoms with E-state index in [2.05, 4.69) is 20.3 Å². The zero-order valence-electron chi connectivity index (χ0n) is 11.9. The molecular weight excluding hydrogens is 258 g/mol. The van der Waals surface area contributed by atoms with E-state index in [9.17, 15) is 0 Å². The van der Waals surface area contributed by atoms with Gasteiger partial charge in [0.1, 0.15) is 5.75 Å². The molecule has 7 nitrogen and oxygen atoms in total. The molecule has 1 N–H and O–H groups in total. The summed E-state index contributed by atoms with van der Waals surface area (Å²) >= 11 is 0.